The monoisotopic (exact) mass is 393 g/mol. The number of nitrogens with two attached hydrogens (primary N) is 1. The Morgan fingerprint density at radius 2 is 2.19 bits per heavy atom. The van der Waals surface area contributed by atoms with Gasteiger partial charge in [-0.15, -0.1) is 0 Å². The van der Waals surface area contributed by atoms with Crippen molar-refractivity contribution in [1.29, 1.82) is 0 Å². The molecular weight excluding hydrogens is 382 g/mol. The Morgan fingerprint density at radius 3 is 2.81 bits per heavy atom. The third-order valence-corrected chi connectivity index (χ3v) is 4.44. The topological polar surface area (TPSA) is 87.2 Å². The Bertz CT molecular complexity index is 761. The zero-order chi connectivity index (χ0) is 15.6. The maximum absolute atomic E-state index is 11.6. The predicted octanol–water partition coefficient (Wildman–Crippen LogP) is 2.55. The SMILES string of the molecule is CCn1cncc1COc1c(Cl)cc(Br)cc1S(N)(=O)=O. The van der Waals surface area contributed by atoms with Crippen LogP contribution >= 0.6 is 27.5 Å². The van der Waals surface area contributed by atoms with Crippen LogP contribution in [0.1, 0.15) is 12.6 Å². The fourth-order valence-corrected chi connectivity index (χ4v) is 3.58. The molecule has 0 amide bonds. The molecule has 0 aliphatic heterocycles. The van der Waals surface area contributed by atoms with Gasteiger partial charge in [-0.2, -0.15) is 0 Å². The lowest BCUT2D eigenvalue weighted by Gasteiger charge is -2.13. The molecule has 2 aromatic rings. The summed E-state index contributed by atoms with van der Waals surface area (Å²) in [6.07, 6.45) is 3.31. The number of hydrogen-bond donors (Lipinski definition) is 1. The first kappa shape index (κ1) is 16.3. The second-order valence-corrected chi connectivity index (χ2v) is 7.07. The average molecular weight is 395 g/mol. The minimum atomic E-state index is -3.95. The van der Waals surface area contributed by atoms with Crippen LogP contribution in [-0.4, -0.2) is 18.0 Å². The molecule has 114 valence electrons. The smallest absolute Gasteiger partial charge is 0.241 e. The van der Waals surface area contributed by atoms with Crippen LogP contribution in [0.25, 0.3) is 0 Å². The van der Waals surface area contributed by atoms with Crippen LogP contribution < -0.4 is 9.88 Å². The van der Waals surface area contributed by atoms with E-state index in [0.29, 0.717) is 4.47 Å². The maximum Gasteiger partial charge on any atom is 0.241 e. The van der Waals surface area contributed by atoms with Crippen molar-refractivity contribution in [2.45, 2.75) is 25.0 Å². The van der Waals surface area contributed by atoms with Crippen LogP contribution in [0.15, 0.2) is 34.0 Å². The van der Waals surface area contributed by atoms with Gasteiger partial charge in [-0.25, -0.2) is 18.5 Å². The number of aromatic nitrogens is 2. The molecule has 0 spiro atoms. The van der Waals surface area contributed by atoms with E-state index in [9.17, 15) is 8.42 Å². The Kier molecular flexibility index (Phi) is 4.92. The summed E-state index contributed by atoms with van der Waals surface area (Å²) in [7, 11) is -3.95. The Hall–Kier alpha value is -1.09. The highest BCUT2D eigenvalue weighted by Crippen LogP contribution is 2.35. The molecule has 0 radical (unpaired) electrons. The fraction of sp³-hybridized carbons (Fsp3) is 0.250. The molecule has 2 N–H and O–H groups in total. The third-order valence-electron chi connectivity index (χ3n) is 2.78. The molecule has 0 saturated carbocycles. The van der Waals surface area contributed by atoms with Crippen molar-refractivity contribution in [1.82, 2.24) is 9.55 Å². The standard InChI is InChI=1S/C12H13BrClN3O3S/c1-2-17-7-16-5-9(17)6-20-12-10(14)3-8(13)4-11(12)21(15,18)19/h3-5,7H,2,6H2,1H3,(H2,15,18,19). The Labute approximate surface area is 136 Å². The van der Waals surface area contributed by atoms with Gasteiger partial charge in [-0.3, -0.25) is 0 Å². The summed E-state index contributed by atoms with van der Waals surface area (Å²) in [4.78, 5) is 3.85. The number of nitrogens with zero attached hydrogens (tertiary/aromatic N) is 2. The first-order valence-corrected chi connectivity index (χ1v) is 8.68. The number of imidazole rings is 1. The van der Waals surface area contributed by atoms with Crippen LogP contribution in [0, 0.1) is 0 Å². The van der Waals surface area contributed by atoms with Gasteiger partial charge in [-0.1, -0.05) is 27.5 Å². The van der Waals surface area contributed by atoms with E-state index in [1.807, 2.05) is 11.5 Å². The van der Waals surface area contributed by atoms with E-state index in [0.717, 1.165) is 12.2 Å². The highest BCUT2D eigenvalue weighted by Gasteiger charge is 2.20. The van der Waals surface area contributed by atoms with Gasteiger partial charge in [-0.05, 0) is 19.1 Å². The summed E-state index contributed by atoms with van der Waals surface area (Å²) in [6, 6.07) is 2.90. The Balaban J connectivity index is 2.36. The molecule has 9 heteroatoms. The number of ether oxygens (including phenoxy) is 1. The second-order valence-electron chi connectivity index (χ2n) is 4.22. The average Bonchev–Trinajstić information content (AvgIpc) is 2.83. The number of aryl methyl sites for hydroxylation is 1. The van der Waals surface area contributed by atoms with E-state index < -0.39 is 10.0 Å². The van der Waals surface area contributed by atoms with Gasteiger partial charge in [0.15, 0.2) is 5.75 Å². The first-order chi connectivity index (χ1) is 9.82. The molecule has 0 atom stereocenters. The van der Waals surface area contributed by atoms with Gasteiger partial charge in [0.2, 0.25) is 10.0 Å². The summed E-state index contributed by atoms with van der Waals surface area (Å²) in [5, 5.41) is 5.36. The third kappa shape index (κ3) is 3.76. The highest BCUT2D eigenvalue weighted by molar-refractivity contribution is 9.10. The Morgan fingerprint density at radius 1 is 1.48 bits per heavy atom. The molecule has 6 nitrogen and oxygen atoms in total. The lowest BCUT2D eigenvalue weighted by Crippen LogP contribution is -2.14. The number of halogens is 2. The van der Waals surface area contributed by atoms with E-state index in [1.54, 1.807) is 18.6 Å². The molecule has 1 aromatic heterocycles. The van der Waals surface area contributed by atoms with Crippen molar-refractivity contribution in [2.24, 2.45) is 5.14 Å². The van der Waals surface area contributed by atoms with Crippen LogP contribution in [0.5, 0.6) is 5.75 Å². The van der Waals surface area contributed by atoms with Crippen molar-refractivity contribution in [3.8, 4) is 5.75 Å². The van der Waals surface area contributed by atoms with Crippen molar-refractivity contribution in [3.63, 3.8) is 0 Å². The fourth-order valence-electron chi connectivity index (χ4n) is 1.79. The van der Waals surface area contributed by atoms with Gasteiger partial charge in [0.1, 0.15) is 11.5 Å². The zero-order valence-corrected chi connectivity index (χ0v) is 14.2. The molecule has 0 aliphatic rings. The number of benzene rings is 1. The van der Waals surface area contributed by atoms with Crippen LogP contribution in [0.3, 0.4) is 0 Å². The number of hydrogen-bond acceptors (Lipinski definition) is 4. The summed E-state index contributed by atoms with van der Waals surface area (Å²) in [5.74, 6) is 0.0335. The summed E-state index contributed by atoms with van der Waals surface area (Å²) in [5.41, 5.74) is 0.803. The van der Waals surface area contributed by atoms with Crippen LogP contribution in [-0.2, 0) is 23.2 Å². The van der Waals surface area contributed by atoms with Crippen molar-refractivity contribution >= 4 is 37.6 Å². The lowest BCUT2D eigenvalue weighted by atomic mass is 10.3. The molecule has 1 aromatic carbocycles. The molecule has 1 heterocycles. The summed E-state index contributed by atoms with van der Waals surface area (Å²) >= 11 is 9.24. The molecule has 0 bridgehead atoms. The largest absolute Gasteiger partial charge is 0.484 e. The number of sulfonamides is 1. The van der Waals surface area contributed by atoms with Crippen molar-refractivity contribution in [2.75, 3.05) is 0 Å². The molecule has 0 unspecified atom stereocenters. The summed E-state index contributed by atoms with van der Waals surface area (Å²) < 4.78 is 31.2. The minimum absolute atomic E-state index is 0.0335. The quantitative estimate of drug-likeness (QED) is 0.844. The van der Waals surface area contributed by atoms with Crippen molar-refractivity contribution in [3.05, 3.63) is 39.8 Å². The predicted molar refractivity (Wildman–Crippen MR) is 82.8 cm³/mol. The van der Waals surface area contributed by atoms with Gasteiger partial charge in [0.05, 0.1) is 23.2 Å². The van der Waals surface area contributed by atoms with E-state index in [-0.39, 0.29) is 22.3 Å². The minimum Gasteiger partial charge on any atom is -0.484 e. The molecule has 21 heavy (non-hydrogen) atoms. The molecular formula is C12H13BrClN3O3S. The lowest BCUT2D eigenvalue weighted by molar-refractivity contribution is 0.288. The van der Waals surface area contributed by atoms with Gasteiger partial charge in [0, 0.05) is 11.0 Å². The zero-order valence-electron chi connectivity index (χ0n) is 11.1. The summed E-state index contributed by atoms with van der Waals surface area (Å²) in [6.45, 7) is 2.83. The second kappa shape index (κ2) is 6.35. The first-order valence-electron chi connectivity index (χ1n) is 5.96. The maximum atomic E-state index is 11.6. The van der Waals surface area contributed by atoms with E-state index in [4.69, 9.17) is 21.5 Å². The molecule has 0 saturated heterocycles. The van der Waals surface area contributed by atoms with Crippen LogP contribution in [0.2, 0.25) is 5.02 Å². The number of primary sulfonamides is 1. The number of rotatable bonds is 5. The van der Waals surface area contributed by atoms with Gasteiger partial charge >= 0.3 is 0 Å². The highest BCUT2D eigenvalue weighted by atomic mass is 79.9. The normalized spacial score (nSPS) is 11.6. The van der Waals surface area contributed by atoms with E-state index in [1.165, 1.54) is 6.07 Å². The van der Waals surface area contributed by atoms with Gasteiger partial charge in [0.25, 0.3) is 0 Å². The molecule has 2 rings (SSSR count). The van der Waals surface area contributed by atoms with E-state index in [2.05, 4.69) is 20.9 Å². The van der Waals surface area contributed by atoms with Gasteiger partial charge < -0.3 is 9.30 Å². The molecule has 0 aliphatic carbocycles. The molecule has 0 fully saturated rings. The van der Waals surface area contributed by atoms with Crippen LogP contribution in [0.4, 0.5) is 0 Å². The van der Waals surface area contributed by atoms with E-state index >= 15 is 0 Å². The van der Waals surface area contributed by atoms with Crippen molar-refractivity contribution < 1.29 is 13.2 Å².